The standard InChI is InChI=1S/C25H28FN7O3/c1-25(2,3)36-24(34)32-12-16(26)18(13-32)30-23-15(10-27)7-8-17(29-23)19-11-28-21-9-20(35-4)22(14-5-6-14)31-33(19)21/h7-9,11,14,16,18H,5-6,12-13H2,1-4H3,(H,29,30)/t16-,18-/m0/s1. The van der Waals surface area contributed by atoms with Crippen molar-refractivity contribution in [3.63, 3.8) is 0 Å². The SMILES string of the molecule is COc1cc2ncc(-c3ccc(C#N)c(N[C@H]4CN(C(=O)OC(C)(C)C)C[C@@H]4F)n3)n2nc1C1CC1. The molecule has 1 N–H and O–H groups in total. The average Bonchev–Trinajstić information content (AvgIpc) is 3.50. The van der Waals surface area contributed by atoms with E-state index in [4.69, 9.17) is 14.6 Å². The Kier molecular flexibility index (Phi) is 5.90. The van der Waals surface area contributed by atoms with Gasteiger partial charge in [0.1, 0.15) is 40.8 Å². The number of pyridine rings is 1. The van der Waals surface area contributed by atoms with E-state index in [1.165, 1.54) is 4.90 Å². The smallest absolute Gasteiger partial charge is 0.410 e. The van der Waals surface area contributed by atoms with Crippen LogP contribution in [-0.2, 0) is 4.74 Å². The first-order valence-corrected chi connectivity index (χ1v) is 11.9. The molecule has 1 aliphatic carbocycles. The number of likely N-dealkylation sites (tertiary alicyclic amines) is 1. The van der Waals surface area contributed by atoms with Crippen LogP contribution in [0.4, 0.5) is 15.0 Å². The van der Waals surface area contributed by atoms with Crippen LogP contribution in [0, 0.1) is 11.3 Å². The van der Waals surface area contributed by atoms with Crippen LogP contribution in [0.25, 0.3) is 17.0 Å². The summed E-state index contributed by atoms with van der Waals surface area (Å²) in [6, 6.07) is 6.55. The molecule has 0 spiro atoms. The second kappa shape index (κ2) is 8.93. The maximum Gasteiger partial charge on any atom is 0.410 e. The molecule has 0 unspecified atom stereocenters. The van der Waals surface area contributed by atoms with Gasteiger partial charge in [-0.3, -0.25) is 0 Å². The number of imidazole rings is 1. The number of methoxy groups -OCH3 is 1. The first-order valence-electron chi connectivity index (χ1n) is 11.9. The fourth-order valence-corrected chi connectivity index (χ4v) is 4.24. The second-order valence-corrected chi connectivity index (χ2v) is 10.1. The molecule has 0 aromatic carbocycles. The molecule has 2 atom stereocenters. The van der Waals surface area contributed by atoms with Crippen molar-refractivity contribution in [3.8, 4) is 23.2 Å². The van der Waals surface area contributed by atoms with E-state index in [0.29, 0.717) is 28.7 Å². The van der Waals surface area contributed by atoms with Gasteiger partial charge >= 0.3 is 6.09 Å². The van der Waals surface area contributed by atoms with E-state index in [2.05, 4.69) is 21.4 Å². The number of amides is 1. The van der Waals surface area contributed by atoms with Gasteiger partial charge in [-0.05, 0) is 45.7 Å². The van der Waals surface area contributed by atoms with Gasteiger partial charge in [0.2, 0.25) is 0 Å². The lowest BCUT2D eigenvalue weighted by Crippen LogP contribution is -2.36. The highest BCUT2D eigenvalue weighted by Gasteiger charge is 2.38. The maximum absolute atomic E-state index is 14.9. The molecule has 3 aromatic rings. The number of halogens is 1. The molecule has 1 amide bonds. The number of hydrogen-bond acceptors (Lipinski definition) is 8. The summed E-state index contributed by atoms with van der Waals surface area (Å²) in [5.41, 5.74) is 2.25. The Morgan fingerprint density at radius 3 is 2.72 bits per heavy atom. The van der Waals surface area contributed by atoms with Crippen molar-refractivity contribution < 1.29 is 18.7 Å². The molecule has 1 saturated carbocycles. The molecular formula is C25H28FN7O3. The predicted molar refractivity (Wildman–Crippen MR) is 130 cm³/mol. The lowest BCUT2D eigenvalue weighted by Gasteiger charge is -2.24. The molecule has 188 valence electrons. The van der Waals surface area contributed by atoms with Crippen molar-refractivity contribution in [3.05, 3.63) is 35.7 Å². The Labute approximate surface area is 208 Å². The lowest BCUT2D eigenvalue weighted by atomic mass is 10.2. The number of anilines is 1. The highest BCUT2D eigenvalue weighted by Crippen LogP contribution is 2.43. The molecule has 1 saturated heterocycles. The maximum atomic E-state index is 14.9. The summed E-state index contributed by atoms with van der Waals surface area (Å²) in [5, 5.41) is 17.4. The van der Waals surface area contributed by atoms with Crippen molar-refractivity contribution in [1.29, 1.82) is 5.26 Å². The number of nitrogens with one attached hydrogen (secondary N) is 1. The molecule has 0 bridgehead atoms. The lowest BCUT2D eigenvalue weighted by molar-refractivity contribution is 0.0283. The number of rotatable bonds is 5. The van der Waals surface area contributed by atoms with E-state index in [0.717, 1.165) is 18.5 Å². The molecule has 5 rings (SSSR count). The summed E-state index contributed by atoms with van der Waals surface area (Å²) in [4.78, 5) is 22.8. The molecule has 2 fully saturated rings. The van der Waals surface area contributed by atoms with E-state index in [-0.39, 0.29) is 24.5 Å². The number of alkyl halides is 1. The van der Waals surface area contributed by atoms with Crippen molar-refractivity contribution in [2.75, 3.05) is 25.5 Å². The summed E-state index contributed by atoms with van der Waals surface area (Å²) < 4.78 is 27.5. The summed E-state index contributed by atoms with van der Waals surface area (Å²) in [6.45, 7) is 5.27. The monoisotopic (exact) mass is 493 g/mol. The Bertz CT molecular complexity index is 1360. The zero-order valence-electron chi connectivity index (χ0n) is 20.7. The number of aromatic nitrogens is 4. The Balaban J connectivity index is 1.43. The molecule has 3 aromatic heterocycles. The van der Waals surface area contributed by atoms with E-state index in [9.17, 15) is 14.4 Å². The van der Waals surface area contributed by atoms with Crippen molar-refractivity contribution in [2.45, 2.75) is 57.3 Å². The van der Waals surface area contributed by atoms with Crippen molar-refractivity contribution in [1.82, 2.24) is 24.5 Å². The number of hydrogen-bond donors (Lipinski definition) is 1. The van der Waals surface area contributed by atoms with E-state index >= 15 is 0 Å². The van der Waals surface area contributed by atoms with Crippen LogP contribution in [0.5, 0.6) is 5.75 Å². The van der Waals surface area contributed by atoms with Crippen LogP contribution in [0.1, 0.15) is 50.8 Å². The molecule has 4 heterocycles. The largest absolute Gasteiger partial charge is 0.495 e. The molecule has 36 heavy (non-hydrogen) atoms. The fourth-order valence-electron chi connectivity index (χ4n) is 4.24. The van der Waals surface area contributed by atoms with Gasteiger partial charge < -0.3 is 19.7 Å². The van der Waals surface area contributed by atoms with E-state index in [1.807, 2.05) is 6.07 Å². The normalized spacial score (nSPS) is 19.8. The van der Waals surface area contributed by atoms with E-state index in [1.54, 1.807) is 50.7 Å². The average molecular weight is 494 g/mol. The number of carbonyl (C=O) groups is 1. The summed E-state index contributed by atoms with van der Waals surface area (Å²) in [7, 11) is 1.62. The molecule has 2 aliphatic rings. The van der Waals surface area contributed by atoms with Gasteiger partial charge in [-0.2, -0.15) is 10.4 Å². The zero-order valence-corrected chi connectivity index (χ0v) is 20.7. The first kappa shape index (κ1) is 23.8. The molecule has 10 nitrogen and oxygen atoms in total. The fraction of sp³-hybridized carbons (Fsp3) is 0.480. The van der Waals surface area contributed by atoms with Gasteiger partial charge in [0.15, 0.2) is 5.65 Å². The minimum atomic E-state index is -1.35. The van der Waals surface area contributed by atoms with Crippen LogP contribution < -0.4 is 10.1 Å². The third-order valence-corrected chi connectivity index (χ3v) is 6.17. The van der Waals surface area contributed by atoms with Crippen molar-refractivity contribution >= 4 is 17.6 Å². The highest BCUT2D eigenvalue weighted by atomic mass is 19.1. The molecule has 1 aliphatic heterocycles. The minimum Gasteiger partial charge on any atom is -0.495 e. The number of nitriles is 1. The van der Waals surface area contributed by atoms with Crippen LogP contribution in [0.15, 0.2) is 24.4 Å². The topological polar surface area (TPSA) is 118 Å². The van der Waals surface area contributed by atoms with Gasteiger partial charge in [0.25, 0.3) is 0 Å². The third kappa shape index (κ3) is 4.63. The molecule has 0 radical (unpaired) electrons. The molecular weight excluding hydrogens is 465 g/mol. The first-order chi connectivity index (χ1) is 17.2. The van der Waals surface area contributed by atoms with Crippen LogP contribution in [0.2, 0.25) is 0 Å². The van der Waals surface area contributed by atoms with Gasteiger partial charge in [-0.25, -0.2) is 23.7 Å². The van der Waals surface area contributed by atoms with E-state index < -0.39 is 23.9 Å². The van der Waals surface area contributed by atoms with Crippen LogP contribution >= 0.6 is 0 Å². The Morgan fingerprint density at radius 1 is 1.28 bits per heavy atom. The summed E-state index contributed by atoms with van der Waals surface area (Å²) in [6.07, 6.45) is 1.87. The Morgan fingerprint density at radius 2 is 2.06 bits per heavy atom. The highest BCUT2D eigenvalue weighted by molar-refractivity contribution is 5.69. The van der Waals surface area contributed by atoms with Crippen LogP contribution in [0.3, 0.4) is 0 Å². The number of nitrogens with zero attached hydrogens (tertiary/aromatic N) is 6. The number of carbonyl (C=O) groups excluding carboxylic acids is 1. The summed E-state index contributed by atoms with van der Waals surface area (Å²) >= 11 is 0. The van der Waals surface area contributed by atoms with Crippen molar-refractivity contribution in [2.24, 2.45) is 0 Å². The minimum absolute atomic E-state index is 0.0918. The Hall–Kier alpha value is -3.94. The second-order valence-electron chi connectivity index (χ2n) is 10.1. The van der Waals surface area contributed by atoms with Gasteiger partial charge in [-0.15, -0.1) is 0 Å². The molecule has 11 heteroatoms. The predicted octanol–water partition coefficient (Wildman–Crippen LogP) is 3.92. The zero-order chi connectivity index (χ0) is 25.6. The third-order valence-electron chi connectivity index (χ3n) is 6.17. The number of ether oxygens (including phenoxy) is 2. The van der Waals surface area contributed by atoms with Gasteiger partial charge in [0, 0.05) is 18.5 Å². The number of fused-ring (bicyclic) bond motifs is 1. The van der Waals surface area contributed by atoms with Gasteiger partial charge in [0.05, 0.1) is 37.2 Å². The summed E-state index contributed by atoms with van der Waals surface area (Å²) in [5.74, 6) is 1.31. The van der Waals surface area contributed by atoms with Gasteiger partial charge in [-0.1, -0.05) is 0 Å². The van der Waals surface area contributed by atoms with Crippen LogP contribution in [-0.4, -0.2) is 68.6 Å². The quantitative estimate of drug-likeness (QED) is 0.568.